The summed E-state index contributed by atoms with van der Waals surface area (Å²) in [5, 5.41) is 0. The Hall–Kier alpha value is -0.380. The van der Waals surface area contributed by atoms with Crippen LogP contribution in [0.1, 0.15) is 117 Å². The summed E-state index contributed by atoms with van der Waals surface area (Å²) in [5.74, 6) is 3.85. The van der Waals surface area contributed by atoms with E-state index in [1.54, 1.807) is 7.11 Å². The average Bonchev–Trinajstić information content (AvgIpc) is 3.16. The van der Waals surface area contributed by atoms with Gasteiger partial charge in [0.05, 0.1) is 17.9 Å². The molecule has 4 fully saturated rings. The van der Waals surface area contributed by atoms with E-state index in [0.29, 0.717) is 23.0 Å². The Morgan fingerprint density at radius 2 is 1.71 bits per heavy atom. The monoisotopic (exact) mass is 536 g/mol. The normalized spacial score (nSPS) is 42.4. The molecule has 4 aliphatic rings. The molecule has 0 N–H and O–H groups in total. The van der Waals surface area contributed by atoms with Crippen molar-refractivity contribution < 1.29 is 14.3 Å². The third-order valence-electron chi connectivity index (χ3n) is 11.4. The third kappa shape index (κ3) is 4.80. The minimum absolute atomic E-state index is 0.0474. The van der Waals surface area contributed by atoms with E-state index in [2.05, 4.69) is 36.7 Å². The number of ketones is 1. The van der Waals surface area contributed by atoms with E-state index in [0.717, 1.165) is 43.4 Å². The Morgan fingerprint density at radius 3 is 2.44 bits per heavy atom. The largest absolute Gasteiger partial charge is 0.469 e. The number of fused-ring (bicyclic) bond motifs is 5. The molecule has 3 nitrogen and oxygen atoms in total. The van der Waals surface area contributed by atoms with Crippen molar-refractivity contribution in [3.05, 3.63) is 0 Å². The molecule has 34 heavy (non-hydrogen) atoms. The van der Waals surface area contributed by atoms with Crippen LogP contribution in [-0.4, -0.2) is 23.7 Å². The van der Waals surface area contributed by atoms with Crippen LogP contribution in [-0.2, 0) is 14.3 Å². The number of halogens is 1. The maximum absolute atomic E-state index is 13.0. The highest BCUT2D eigenvalue weighted by Gasteiger charge is 2.62. The van der Waals surface area contributed by atoms with Gasteiger partial charge < -0.3 is 4.74 Å². The maximum atomic E-state index is 13.0. The van der Waals surface area contributed by atoms with Crippen molar-refractivity contribution in [1.29, 1.82) is 0 Å². The topological polar surface area (TPSA) is 43.4 Å². The molecule has 0 heterocycles. The summed E-state index contributed by atoms with van der Waals surface area (Å²) in [6, 6.07) is 0. The van der Waals surface area contributed by atoms with Gasteiger partial charge in [-0.15, -0.1) is 0 Å². The first-order valence-corrected chi connectivity index (χ1v) is 15.4. The minimum atomic E-state index is 0.0474. The number of hydrogen-bond acceptors (Lipinski definition) is 3. The molecule has 0 aromatic carbocycles. The smallest absolute Gasteiger partial charge is 0.308 e. The number of esters is 1. The van der Waals surface area contributed by atoms with E-state index in [4.69, 9.17) is 4.74 Å². The van der Waals surface area contributed by atoms with Crippen LogP contribution < -0.4 is 0 Å². The van der Waals surface area contributed by atoms with Crippen LogP contribution in [0.15, 0.2) is 0 Å². The SMILES string of the molecule is CCCCCCCC[C@@H](C(=O)OC)[C@H]1CC[C@H]2[C@@H]3CC[C@H]4CC(=O)[C@H](Br)C[C@]4(C)[C@H]3CC[C@]12C. The fraction of sp³-hybridized carbons (Fsp3) is 0.933. The summed E-state index contributed by atoms with van der Waals surface area (Å²) >= 11 is 3.73. The second kappa shape index (κ2) is 10.9. The summed E-state index contributed by atoms with van der Waals surface area (Å²) in [5.41, 5.74) is 0.564. The van der Waals surface area contributed by atoms with Crippen molar-refractivity contribution in [2.45, 2.75) is 122 Å². The van der Waals surface area contributed by atoms with Gasteiger partial charge in [0.2, 0.25) is 0 Å². The van der Waals surface area contributed by atoms with Crippen LogP contribution in [0.5, 0.6) is 0 Å². The molecule has 0 aromatic heterocycles. The van der Waals surface area contributed by atoms with Crippen molar-refractivity contribution in [2.24, 2.45) is 46.3 Å². The van der Waals surface area contributed by atoms with Crippen LogP contribution in [0.2, 0.25) is 0 Å². The standard InChI is InChI=1S/C30H49BrO3/c1-5-6-7-8-9-10-11-22(28(33)34-4)24-15-14-23-21-13-12-20-18-27(32)26(31)19-30(20,3)25(21)16-17-29(23,24)2/h20-26H,5-19H2,1-4H3/t20-,21-,22+,23-,24+,25-,26+,29-,30-/m0/s1. The van der Waals surface area contributed by atoms with E-state index >= 15 is 0 Å². The van der Waals surface area contributed by atoms with Gasteiger partial charge in [-0.05, 0) is 91.8 Å². The fourth-order valence-electron chi connectivity index (χ4n) is 9.54. The lowest BCUT2D eigenvalue weighted by molar-refractivity contribution is -0.153. The van der Waals surface area contributed by atoms with Gasteiger partial charge in [-0.25, -0.2) is 0 Å². The summed E-state index contributed by atoms with van der Waals surface area (Å²) in [6.07, 6.45) is 18.0. The first kappa shape index (κ1) is 26.7. The van der Waals surface area contributed by atoms with Crippen molar-refractivity contribution in [3.63, 3.8) is 0 Å². The molecule has 9 atom stereocenters. The quantitative estimate of drug-likeness (QED) is 0.169. The number of unbranched alkanes of at least 4 members (excludes halogenated alkanes) is 5. The molecule has 4 heteroatoms. The first-order chi connectivity index (χ1) is 16.3. The highest BCUT2D eigenvalue weighted by Crippen LogP contribution is 2.68. The number of methoxy groups -OCH3 is 1. The van der Waals surface area contributed by atoms with Crippen molar-refractivity contribution in [3.8, 4) is 0 Å². The van der Waals surface area contributed by atoms with Crippen LogP contribution in [0, 0.1) is 46.3 Å². The van der Waals surface area contributed by atoms with Crippen molar-refractivity contribution in [1.82, 2.24) is 0 Å². The summed E-state index contributed by atoms with van der Waals surface area (Å²) in [6.45, 7) is 7.31. The van der Waals surface area contributed by atoms with E-state index in [-0.39, 0.29) is 22.1 Å². The van der Waals surface area contributed by atoms with E-state index in [1.165, 1.54) is 70.6 Å². The van der Waals surface area contributed by atoms with Gasteiger partial charge in [-0.3, -0.25) is 9.59 Å². The second-order valence-corrected chi connectivity index (χ2v) is 14.0. The Bertz CT molecular complexity index is 737. The summed E-state index contributed by atoms with van der Waals surface area (Å²) in [7, 11) is 1.59. The average molecular weight is 538 g/mol. The molecule has 0 aromatic rings. The molecule has 4 saturated carbocycles. The Kier molecular flexibility index (Phi) is 8.58. The highest BCUT2D eigenvalue weighted by atomic mass is 79.9. The third-order valence-corrected chi connectivity index (χ3v) is 12.2. The molecule has 0 spiro atoms. The molecule has 0 unspecified atom stereocenters. The Labute approximate surface area is 217 Å². The molecule has 4 aliphatic carbocycles. The van der Waals surface area contributed by atoms with Crippen LogP contribution in [0.25, 0.3) is 0 Å². The van der Waals surface area contributed by atoms with Crippen molar-refractivity contribution >= 4 is 27.7 Å². The van der Waals surface area contributed by atoms with Gasteiger partial charge in [0, 0.05) is 6.42 Å². The minimum Gasteiger partial charge on any atom is -0.469 e. The number of ether oxygens (including phenoxy) is 1. The summed E-state index contributed by atoms with van der Waals surface area (Å²) in [4.78, 5) is 25.5. The van der Waals surface area contributed by atoms with Gasteiger partial charge in [-0.1, -0.05) is 75.2 Å². The molecule has 0 bridgehead atoms. The molecule has 0 radical (unpaired) electrons. The number of carbonyl (C=O) groups is 2. The Balaban J connectivity index is 1.46. The van der Waals surface area contributed by atoms with Gasteiger partial charge in [0.1, 0.15) is 5.78 Å². The zero-order valence-electron chi connectivity index (χ0n) is 22.3. The number of rotatable bonds is 9. The summed E-state index contributed by atoms with van der Waals surface area (Å²) < 4.78 is 5.38. The van der Waals surface area contributed by atoms with Crippen LogP contribution in [0.3, 0.4) is 0 Å². The van der Waals surface area contributed by atoms with Crippen LogP contribution >= 0.6 is 15.9 Å². The first-order valence-electron chi connectivity index (χ1n) is 14.5. The molecule has 0 aliphatic heterocycles. The number of Topliss-reactive ketones (excluding diaryl/α,β-unsaturated/α-hetero) is 1. The highest BCUT2D eigenvalue weighted by molar-refractivity contribution is 9.10. The molecule has 4 rings (SSSR count). The molecule has 194 valence electrons. The molecule has 0 saturated heterocycles. The molecular formula is C30H49BrO3. The molecule has 0 amide bonds. The predicted molar refractivity (Wildman–Crippen MR) is 142 cm³/mol. The lowest BCUT2D eigenvalue weighted by Gasteiger charge is -2.61. The van der Waals surface area contributed by atoms with Gasteiger partial charge in [-0.2, -0.15) is 0 Å². The molecular weight excluding hydrogens is 488 g/mol. The van der Waals surface area contributed by atoms with E-state index < -0.39 is 0 Å². The second-order valence-electron chi connectivity index (χ2n) is 12.9. The van der Waals surface area contributed by atoms with E-state index in [1.807, 2.05) is 0 Å². The zero-order chi connectivity index (χ0) is 24.5. The van der Waals surface area contributed by atoms with Gasteiger partial charge >= 0.3 is 5.97 Å². The zero-order valence-corrected chi connectivity index (χ0v) is 23.8. The van der Waals surface area contributed by atoms with Gasteiger partial charge in [0.15, 0.2) is 0 Å². The fourth-order valence-corrected chi connectivity index (χ4v) is 10.4. The Morgan fingerprint density at radius 1 is 1.00 bits per heavy atom. The maximum Gasteiger partial charge on any atom is 0.308 e. The van der Waals surface area contributed by atoms with Gasteiger partial charge in [0.25, 0.3) is 0 Å². The number of hydrogen-bond donors (Lipinski definition) is 0. The number of carbonyl (C=O) groups excluding carboxylic acids is 2. The lowest BCUT2D eigenvalue weighted by atomic mass is 9.44. The predicted octanol–water partition coefficient (Wildman–Crippen LogP) is 8.13. The van der Waals surface area contributed by atoms with E-state index in [9.17, 15) is 9.59 Å². The lowest BCUT2D eigenvalue weighted by Crippen LogP contribution is -2.55. The number of alkyl halides is 1. The van der Waals surface area contributed by atoms with Crippen LogP contribution in [0.4, 0.5) is 0 Å². The van der Waals surface area contributed by atoms with Crippen molar-refractivity contribution in [2.75, 3.05) is 7.11 Å².